The monoisotopic (exact) mass is 310 g/mol. The van der Waals surface area contributed by atoms with E-state index in [4.69, 9.17) is 5.26 Å². The average Bonchev–Trinajstić information content (AvgIpc) is 2.73. The van der Waals surface area contributed by atoms with Gasteiger partial charge in [0.25, 0.3) is 0 Å². The summed E-state index contributed by atoms with van der Waals surface area (Å²) < 4.78 is 14.0. The maximum atomic E-state index is 12.9. The van der Waals surface area contributed by atoms with Crippen LogP contribution in [0.3, 0.4) is 0 Å². The minimum atomic E-state index is -0.399. The summed E-state index contributed by atoms with van der Waals surface area (Å²) in [5.74, 6) is -0.399. The third kappa shape index (κ3) is 2.84. The van der Waals surface area contributed by atoms with Crippen LogP contribution in [0.4, 0.5) is 10.1 Å². The lowest BCUT2D eigenvalue weighted by Crippen LogP contribution is -2.00. The van der Waals surface area contributed by atoms with Gasteiger partial charge in [-0.25, -0.2) is 4.39 Å². The molecular formula is C12H8BrFN2S. The molecule has 0 aliphatic heterocycles. The van der Waals surface area contributed by atoms with E-state index in [1.54, 1.807) is 17.4 Å². The van der Waals surface area contributed by atoms with Crippen molar-refractivity contribution >= 4 is 33.0 Å². The lowest BCUT2D eigenvalue weighted by atomic mass is 10.2. The van der Waals surface area contributed by atoms with Gasteiger partial charge >= 0.3 is 0 Å². The number of rotatable bonds is 3. The Balaban J connectivity index is 2.15. The van der Waals surface area contributed by atoms with E-state index in [0.717, 1.165) is 9.35 Å². The van der Waals surface area contributed by atoms with Gasteiger partial charge in [0.05, 0.1) is 17.8 Å². The summed E-state index contributed by atoms with van der Waals surface area (Å²) in [4.78, 5) is 1.14. The molecule has 2 nitrogen and oxygen atoms in total. The Morgan fingerprint density at radius 2 is 2.24 bits per heavy atom. The molecule has 0 bridgehead atoms. The van der Waals surface area contributed by atoms with Crippen molar-refractivity contribution in [3.05, 3.63) is 50.4 Å². The van der Waals surface area contributed by atoms with Gasteiger partial charge in [-0.1, -0.05) is 0 Å². The number of nitriles is 1. The standard InChI is InChI=1S/C12H8BrFN2S/c13-10-3-4-17-12(10)7-16-11-2-1-9(14)5-8(11)6-15/h1-5,16H,7H2. The number of nitrogens with zero attached hydrogens (tertiary/aromatic N) is 1. The Morgan fingerprint density at radius 1 is 1.41 bits per heavy atom. The SMILES string of the molecule is N#Cc1cc(F)ccc1NCc1sccc1Br. The number of halogens is 2. The predicted molar refractivity (Wildman–Crippen MR) is 70.5 cm³/mol. The number of hydrogen-bond donors (Lipinski definition) is 1. The van der Waals surface area contributed by atoms with Crippen molar-refractivity contribution < 1.29 is 4.39 Å². The maximum absolute atomic E-state index is 12.9. The second-order valence-electron chi connectivity index (χ2n) is 3.35. The van der Waals surface area contributed by atoms with Gasteiger partial charge in [-0.2, -0.15) is 5.26 Å². The molecule has 1 N–H and O–H groups in total. The van der Waals surface area contributed by atoms with Crippen LogP contribution >= 0.6 is 27.3 Å². The van der Waals surface area contributed by atoms with E-state index in [1.165, 1.54) is 12.1 Å². The van der Waals surface area contributed by atoms with E-state index < -0.39 is 5.82 Å². The highest BCUT2D eigenvalue weighted by Crippen LogP contribution is 2.24. The summed E-state index contributed by atoms with van der Waals surface area (Å²) in [5.41, 5.74) is 0.965. The summed E-state index contributed by atoms with van der Waals surface area (Å²) >= 11 is 5.05. The molecule has 1 aromatic heterocycles. The quantitative estimate of drug-likeness (QED) is 0.925. The van der Waals surface area contributed by atoms with Crippen molar-refractivity contribution in [2.75, 3.05) is 5.32 Å². The highest BCUT2D eigenvalue weighted by atomic mass is 79.9. The van der Waals surface area contributed by atoms with Crippen LogP contribution in [0.15, 0.2) is 34.1 Å². The number of thiophene rings is 1. The zero-order valence-electron chi connectivity index (χ0n) is 8.71. The van der Waals surface area contributed by atoms with Crippen molar-refractivity contribution in [3.8, 4) is 6.07 Å². The van der Waals surface area contributed by atoms with E-state index in [0.29, 0.717) is 17.8 Å². The van der Waals surface area contributed by atoms with E-state index in [-0.39, 0.29) is 0 Å². The molecule has 86 valence electrons. The zero-order valence-corrected chi connectivity index (χ0v) is 11.1. The second-order valence-corrected chi connectivity index (χ2v) is 5.20. The first-order valence-electron chi connectivity index (χ1n) is 4.86. The highest BCUT2D eigenvalue weighted by molar-refractivity contribution is 9.10. The van der Waals surface area contributed by atoms with Crippen LogP contribution in [0.5, 0.6) is 0 Å². The van der Waals surface area contributed by atoms with E-state index in [2.05, 4.69) is 21.2 Å². The van der Waals surface area contributed by atoms with Gasteiger partial charge in [-0.05, 0) is 45.6 Å². The van der Waals surface area contributed by atoms with Gasteiger partial charge in [0.2, 0.25) is 0 Å². The fourth-order valence-corrected chi connectivity index (χ4v) is 2.82. The molecule has 2 rings (SSSR count). The Kier molecular flexibility index (Phi) is 3.77. The molecule has 0 spiro atoms. The van der Waals surface area contributed by atoms with Crippen LogP contribution in [0.2, 0.25) is 0 Å². The third-order valence-electron chi connectivity index (χ3n) is 2.23. The normalized spacial score (nSPS) is 9.94. The molecule has 0 fully saturated rings. The van der Waals surface area contributed by atoms with E-state index >= 15 is 0 Å². The Labute approximate surface area is 111 Å². The summed E-state index contributed by atoms with van der Waals surface area (Å²) in [6.45, 7) is 0.610. The molecule has 1 aromatic carbocycles. The van der Waals surface area contributed by atoms with Crippen LogP contribution in [0, 0.1) is 17.1 Å². The smallest absolute Gasteiger partial charge is 0.124 e. The van der Waals surface area contributed by atoms with Gasteiger partial charge < -0.3 is 5.32 Å². The molecule has 17 heavy (non-hydrogen) atoms. The van der Waals surface area contributed by atoms with Crippen molar-refractivity contribution in [2.45, 2.75) is 6.54 Å². The molecule has 0 unspecified atom stereocenters. The average molecular weight is 311 g/mol. The molecule has 0 atom stereocenters. The molecule has 0 amide bonds. The van der Waals surface area contributed by atoms with Gasteiger partial charge in [0.1, 0.15) is 11.9 Å². The fraction of sp³-hybridized carbons (Fsp3) is 0.0833. The van der Waals surface area contributed by atoms with Gasteiger partial charge in [0.15, 0.2) is 0 Å². The molecular weight excluding hydrogens is 303 g/mol. The molecule has 0 saturated carbocycles. The summed E-state index contributed by atoms with van der Waals surface area (Å²) in [6, 6.07) is 8.09. The van der Waals surface area contributed by atoms with Crippen LogP contribution in [-0.4, -0.2) is 0 Å². The second kappa shape index (κ2) is 5.30. The first-order valence-corrected chi connectivity index (χ1v) is 6.53. The Morgan fingerprint density at radius 3 is 2.88 bits per heavy atom. The van der Waals surface area contributed by atoms with Crippen molar-refractivity contribution in [3.63, 3.8) is 0 Å². The zero-order chi connectivity index (χ0) is 12.3. The first kappa shape index (κ1) is 12.1. The van der Waals surface area contributed by atoms with Gasteiger partial charge in [-0.15, -0.1) is 11.3 Å². The Hall–Kier alpha value is -1.38. The summed E-state index contributed by atoms with van der Waals surface area (Å²) in [5, 5.41) is 14.0. The topological polar surface area (TPSA) is 35.8 Å². The molecule has 1 heterocycles. The number of hydrogen-bond acceptors (Lipinski definition) is 3. The summed E-state index contributed by atoms with van der Waals surface area (Å²) in [6.07, 6.45) is 0. The molecule has 5 heteroatoms. The fourth-order valence-electron chi connectivity index (χ4n) is 1.39. The predicted octanol–water partition coefficient (Wildman–Crippen LogP) is 4.13. The minimum absolute atomic E-state index is 0.317. The minimum Gasteiger partial charge on any atom is -0.379 e. The maximum Gasteiger partial charge on any atom is 0.124 e. The largest absolute Gasteiger partial charge is 0.379 e. The third-order valence-corrected chi connectivity index (χ3v) is 4.16. The molecule has 0 aliphatic carbocycles. The number of benzene rings is 1. The lowest BCUT2D eigenvalue weighted by molar-refractivity contribution is 0.627. The Bertz CT molecular complexity index is 574. The van der Waals surface area contributed by atoms with Gasteiger partial charge in [0, 0.05) is 9.35 Å². The van der Waals surface area contributed by atoms with Crippen LogP contribution in [-0.2, 0) is 6.54 Å². The molecule has 2 aromatic rings. The molecule has 0 radical (unpaired) electrons. The first-order chi connectivity index (χ1) is 8.20. The number of anilines is 1. The van der Waals surface area contributed by atoms with Gasteiger partial charge in [-0.3, -0.25) is 0 Å². The lowest BCUT2D eigenvalue weighted by Gasteiger charge is -2.07. The van der Waals surface area contributed by atoms with Crippen LogP contribution in [0.25, 0.3) is 0 Å². The number of nitrogens with one attached hydrogen (secondary N) is 1. The van der Waals surface area contributed by atoms with E-state index in [9.17, 15) is 4.39 Å². The van der Waals surface area contributed by atoms with Crippen LogP contribution in [0.1, 0.15) is 10.4 Å². The van der Waals surface area contributed by atoms with E-state index in [1.807, 2.05) is 17.5 Å². The van der Waals surface area contributed by atoms with Crippen molar-refractivity contribution in [1.82, 2.24) is 0 Å². The van der Waals surface area contributed by atoms with Crippen molar-refractivity contribution in [2.24, 2.45) is 0 Å². The summed E-state index contributed by atoms with van der Waals surface area (Å²) in [7, 11) is 0. The highest BCUT2D eigenvalue weighted by Gasteiger charge is 2.05. The molecule has 0 saturated heterocycles. The van der Waals surface area contributed by atoms with Crippen LogP contribution < -0.4 is 5.32 Å². The molecule has 0 aliphatic rings. The van der Waals surface area contributed by atoms with Crippen molar-refractivity contribution in [1.29, 1.82) is 5.26 Å².